The SMILES string of the molecule is CCOc1ccc(N2C(=O)C(=O)/C(=C(\O)c3ccc(OC)c(C(C)(C)C)c3)C2c2ccc(C)o2)cc1. The highest BCUT2D eigenvalue weighted by molar-refractivity contribution is 6.51. The van der Waals surface area contributed by atoms with E-state index in [0.717, 1.165) is 5.56 Å². The number of furan rings is 1. The fourth-order valence-corrected chi connectivity index (χ4v) is 4.43. The normalized spacial score (nSPS) is 17.5. The number of hydrogen-bond donors (Lipinski definition) is 1. The van der Waals surface area contributed by atoms with Crippen LogP contribution in [0.4, 0.5) is 5.69 Å². The first-order valence-corrected chi connectivity index (χ1v) is 11.9. The topological polar surface area (TPSA) is 89.2 Å². The van der Waals surface area contributed by atoms with Gasteiger partial charge in [0.1, 0.15) is 34.8 Å². The number of aryl methyl sites for hydroxylation is 1. The number of benzene rings is 2. The molecule has 7 nitrogen and oxygen atoms in total. The van der Waals surface area contributed by atoms with E-state index < -0.39 is 17.7 Å². The highest BCUT2D eigenvalue weighted by Crippen LogP contribution is 2.43. The van der Waals surface area contributed by atoms with Crippen LogP contribution in [0.1, 0.15) is 56.4 Å². The zero-order valence-electron chi connectivity index (χ0n) is 21.4. The molecule has 1 saturated heterocycles. The number of Topliss-reactive ketones (excluding diaryl/α,β-unsaturated/α-hetero) is 1. The molecule has 1 aromatic heterocycles. The fraction of sp³-hybridized carbons (Fsp3) is 0.310. The zero-order chi connectivity index (χ0) is 26.2. The van der Waals surface area contributed by atoms with Gasteiger partial charge in [-0.15, -0.1) is 0 Å². The molecule has 4 rings (SSSR count). The number of anilines is 1. The molecular formula is C29H31NO6. The molecule has 7 heteroatoms. The Balaban J connectivity index is 1.90. The minimum Gasteiger partial charge on any atom is -0.507 e. The molecule has 1 atom stereocenters. The van der Waals surface area contributed by atoms with Crippen LogP contribution in [0.5, 0.6) is 11.5 Å². The summed E-state index contributed by atoms with van der Waals surface area (Å²) in [6.07, 6.45) is 0. The second-order valence-corrected chi connectivity index (χ2v) is 9.71. The molecule has 1 fully saturated rings. The van der Waals surface area contributed by atoms with Crippen molar-refractivity contribution in [3.05, 3.63) is 82.8 Å². The smallest absolute Gasteiger partial charge is 0.300 e. The Morgan fingerprint density at radius 1 is 1.06 bits per heavy atom. The third-order valence-electron chi connectivity index (χ3n) is 6.18. The number of amides is 1. The van der Waals surface area contributed by atoms with Gasteiger partial charge < -0.3 is 19.0 Å². The van der Waals surface area contributed by atoms with Gasteiger partial charge in [0.15, 0.2) is 0 Å². The van der Waals surface area contributed by atoms with Gasteiger partial charge in [-0.25, -0.2) is 0 Å². The number of hydrogen-bond acceptors (Lipinski definition) is 6. The predicted molar refractivity (Wildman–Crippen MR) is 138 cm³/mol. The molecule has 2 aromatic carbocycles. The van der Waals surface area contributed by atoms with Gasteiger partial charge in [0.2, 0.25) is 0 Å². The lowest BCUT2D eigenvalue weighted by Gasteiger charge is -2.24. The standard InChI is InChI=1S/C29H31NO6/c1-7-35-20-12-10-19(11-13-20)30-25(23-14-8-17(2)36-23)24(27(32)28(30)33)26(31)18-9-15-22(34-6)21(16-18)29(3,4)5/h8-16,25,31H,7H2,1-6H3/b26-24-. The number of rotatable bonds is 6. The Bertz CT molecular complexity index is 1330. The van der Waals surface area contributed by atoms with Crippen molar-refractivity contribution in [2.24, 2.45) is 0 Å². The van der Waals surface area contributed by atoms with E-state index in [2.05, 4.69) is 0 Å². The molecule has 0 aliphatic carbocycles. The van der Waals surface area contributed by atoms with Gasteiger partial charge in [0, 0.05) is 16.8 Å². The summed E-state index contributed by atoms with van der Waals surface area (Å²) >= 11 is 0. The number of methoxy groups -OCH3 is 1. The molecule has 3 aromatic rings. The summed E-state index contributed by atoms with van der Waals surface area (Å²) in [5.74, 6) is 0.531. The van der Waals surface area contributed by atoms with Gasteiger partial charge in [-0.2, -0.15) is 0 Å². The number of carbonyl (C=O) groups is 2. The van der Waals surface area contributed by atoms with Crippen LogP contribution in [-0.4, -0.2) is 30.5 Å². The summed E-state index contributed by atoms with van der Waals surface area (Å²) in [5, 5.41) is 11.5. The number of nitrogens with zero attached hydrogens (tertiary/aromatic N) is 1. The van der Waals surface area contributed by atoms with Crippen molar-refractivity contribution in [3.63, 3.8) is 0 Å². The van der Waals surface area contributed by atoms with Crippen LogP contribution >= 0.6 is 0 Å². The molecule has 1 aliphatic rings. The lowest BCUT2D eigenvalue weighted by molar-refractivity contribution is -0.132. The monoisotopic (exact) mass is 489 g/mol. The lowest BCUT2D eigenvalue weighted by Crippen LogP contribution is -2.29. The van der Waals surface area contributed by atoms with Crippen molar-refractivity contribution in [2.75, 3.05) is 18.6 Å². The average Bonchev–Trinajstić information content (AvgIpc) is 3.39. The van der Waals surface area contributed by atoms with Gasteiger partial charge in [0.25, 0.3) is 11.7 Å². The fourth-order valence-electron chi connectivity index (χ4n) is 4.43. The minimum atomic E-state index is -0.933. The third-order valence-corrected chi connectivity index (χ3v) is 6.18. The molecule has 0 saturated carbocycles. The first-order chi connectivity index (χ1) is 17.1. The number of ether oxygens (including phenoxy) is 2. The summed E-state index contributed by atoms with van der Waals surface area (Å²) in [6.45, 7) is 10.3. The maximum absolute atomic E-state index is 13.4. The van der Waals surface area contributed by atoms with E-state index in [1.165, 1.54) is 4.90 Å². The molecule has 2 heterocycles. The van der Waals surface area contributed by atoms with Crippen LogP contribution in [-0.2, 0) is 15.0 Å². The molecular weight excluding hydrogens is 458 g/mol. The second kappa shape index (κ2) is 9.57. The van der Waals surface area contributed by atoms with Gasteiger partial charge in [-0.1, -0.05) is 20.8 Å². The number of aliphatic hydroxyl groups excluding tert-OH is 1. The molecule has 1 amide bonds. The van der Waals surface area contributed by atoms with Crippen molar-refractivity contribution in [1.29, 1.82) is 0 Å². The summed E-state index contributed by atoms with van der Waals surface area (Å²) in [5.41, 5.74) is 1.45. The minimum absolute atomic E-state index is 0.0340. The van der Waals surface area contributed by atoms with E-state index in [0.29, 0.717) is 40.9 Å². The first kappa shape index (κ1) is 25.1. The maximum Gasteiger partial charge on any atom is 0.300 e. The van der Waals surface area contributed by atoms with E-state index in [4.69, 9.17) is 13.9 Å². The van der Waals surface area contributed by atoms with Gasteiger partial charge in [-0.05, 0) is 73.9 Å². The van der Waals surface area contributed by atoms with Crippen molar-refractivity contribution in [1.82, 2.24) is 0 Å². The van der Waals surface area contributed by atoms with E-state index in [1.807, 2.05) is 27.7 Å². The number of aliphatic hydroxyl groups is 1. The van der Waals surface area contributed by atoms with Crippen molar-refractivity contribution in [2.45, 2.75) is 46.1 Å². The van der Waals surface area contributed by atoms with Gasteiger partial charge in [0.05, 0.1) is 19.3 Å². The van der Waals surface area contributed by atoms with Crippen molar-refractivity contribution >= 4 is 23.1 Å². The Hall–Kier alpha value is -4.00. The van der Waals surface area contributed by atoms with E-state index in [9.17, 15) is 14.7 Å². The Morgan fingerprint density at radius 2 is 1.75 bits per heavy atom. The van der Waals surface area contributed by atoms with E-state index in [-0.39, 0.29) is 16.7 Å². The second-order valence-electron chi connectivity index (χ2n) is 9.71. The highest BCUT2D eigenvalue weighted by atomic mass is 16.5. The zero-order valence-corrected chi connectivity index (χ0v) is 21.4. The molecule has 188 valence electrons. The Labute approximate surface area is 210 Å². The molecule has 1 aliphatic heterocycles. The molecule has 1 unspecified atom stereocenters. The van der Waals surface area contributed by atoms with Crippen molar-refractivity contribution in [3.8, 4) is 11.5 Å². The van der Waals surface area contributed by atoms with Crippen molar-refractivity contribution < 1.29 is 28.6 Å². The van der Waals surface area contributed by atoms with Gasteiger partial charge >= 0.3 is 0 Å². The summed E-state index contributed by atoms with van der Waals surface area (Å²) in [6, 6.07) is 14.7. The lowest BCUT2D eigenvalue weighted by atomic mass is 9.84. The summed E-state index contributed by atoms with van der Waals surface area (Å²) in [4.78, 5) is 28.0. The van der Waals surface area contributed by atoms with Crippen LogP contribution < -0.4 is 14.4 Å². The van der Waals surface area contributed by atoms with Crippen LogP contribution in [0, 0.1) is 6.92 Å². The number of ketones is 1. The Morgan fingerprint density at radius 3 is 2.31 bits per heavy atom. The molecule has 1 N–H and O–H groups in total. The van der Waals surface area contributed by atoms with E-state index >= 15 is 0 Å². The molecule has 0 bridgehead atoms. The average molecular weight is 490 g/mol. The molecule has 0 spiro atoms. The maximum atomic E-state index is 13.4. The van der Waals surface area contributed by atoms with Crippen LogP contribution in [0.25, 0.3) is 5.76 Å². The molecule has 0 radical (unpaired) electrons. The quantitative estimate of drug-likeness (QED) is 0.263. The van der Waals surface area contributed by atoms with Gasteiger partial charge in [-0.3, -0.25) is 14.5 Å². The Kier molecular flexibility index (Phi) is 6.67. The van der Waals surface area contributed by atoms with Crippen LogP contribution in [0.3, 0.4) is 0 Å². The predicted octanol–water partition coefficient (Wildman–Crippen LogP) is 5.92. The highest BCUT2D eigenvalue weighted by Gasteiger charge is 2.48. The van der Waals surface area contributed by atoms with E-state index in [1.54, 1.807) is 68.6 Å². The third kappa shape index (κ3) is 4.49. The van der Waals surface area contributed by atoms with Crippen LogP contribution in [0.2, 0.25) is 0 Å². The summed E-state index contributed by atoms with van der Waals surface area (Å²) < 4.78 is 16.9. The number of carbonyl (C=O) groups excluding carboxylic acids is 2. The molecule has 36 heavy (non-hydrogen) atoms. The largest absolute Gasteiger partial charge is 0.507 e. The summed E-state index contributed by atoms with van der Waals surface area (Å²) in [7, 11) is 1.59. The van der Waals surface area contributed by atoms with Crippen LogP contribution in [0.15, 0.2) is 64.6 Å². The first-order valence-electron chi connectivity index (χ1n) is 11.9.